The van der Waals surface area contributed by atoms with E-state index < -0.39 is 0 Å². The molecular weight excluding hydrogens is 428 g/mol. The minimum atomic E-state index is -0.296. The van der Waals surface area contributed by atoms with Crippen molar-refractivity contribution >= 4 is 5.65 Å². The molecule has 0 saturated carbocycles. The Morgan fingerprint density at radius 3 is 2.41 bits per heavy atom. The minimum Gasteiger partial charge on any atom is -0.468 e. The molecule has 0 aliphatic carbocycles. The van der Waals surface area contributed by atoms with E-state index in [1.165, 1.54) is 0 Å². The number of nitrogens with zero attached hydrogens (tertiary/aromatic N) is 6. The molecular formula is C26H18N6O2. The number of ether oxygens (including phenoxy) is 1. The molecule has 5 heterocycles. The Morgan fingerprint density at radius 1 is 0.853 bits per heavy atom. The predicted molar refractivity (Wildman–Crippen MR) is 124 cm³/mol. The Bertz CT molecular complexity index is 1640. The van der Waals surface area contributed by atoms with E-state index in [9.17, 15) is 0 Å². The highest BCUT2D eigenvalue weighted by Crippen LogP contribution is 2.49. The monoisotopic (exact) mass is 446 g/mol. The second-order valence-electron chi connectivity index (χ2n) is 8.14. The van der Waals surface area contributed by atoms with Crippen molar-refractivity contribution in [2.24, 2.45) is 0 Å². The fourth-order valence-electron chi connectivity index (χ4n) is 4.57. The molecule has 1 aliphatic rings. The number of aromatic nitrogens is 6. The summed E-state index contributed by atoms with van der Waals surface area (Å²) >= 11 is 0. The molecule has 0 bridgehead atoms. The van der Waals surface area contributed by atoms with Crippen LogP contribution >= 0.6 is 0 Å². The van der Waals surface area contributed by atoms with Crippen molar-refractivity contribution in [2.75, 3.05) is 0 Å². The van der Waals surface area contributed by atoms with Crippen molar-refractivity contribution in [1.29, 1.82) is 0 Å². The Kier molecular flexibility index (Phi) is 3.95. The Morgan fingerprint density at radius 2 is 1.65 bits per heavy atom. The van der Waals surface area contributed by atoms with Crippen LogP contribution < -0.4 is 4.74 Å². The molecule has 8 heteroatoms. The van der Waals surface area contributed by atoms with E-state index in [-0.39, 0.29) is 5.92 Å². The molecule has 0 fully saturated rings. The lowest BCUT2D eigenvalue weighted by Crippen LogP contribution is -2.15. The van der Waals surface area contributed by atoms with Crippen molar-refractivity contribution < 1.29 is 9.15 Å². The maximum Gasteiger partial charge on any atom is 0.230 e. The fourth-order valence-corrected chi connectivity index (χ4v) is 4.57. The summed E-state index contributed by atoms with van der Waals surface area (Å²) < 4.78 is 15.8. The molecule has 6 aromatic rings. The zero-order valence-corrected chi connectivity index (χ0v) is 18.2. The summed E-state index contributed by atoms with van der Waals surface area (Å²) in [7, 11) is 0. The summed E-state index contributed by atoms with van der Waals surface area (Å²) in [6.07, 6.45) is 3.31. The predicted octanol–water partition coefficient (Wildman–Crippen LogP) is 5.16. The van der Waals surface area contributed by atoms with Crippen LogP contribution in [0.1, 0.15) is 28.5 Å². The van der Waals surface area contributed by atoms with Crippen LogP contribution in [0.15, 0.2) is 89.8 Å². The van der Waals surface area contributed by atoms with Crippen LogP contribution in [-0.4, -0.2) is 29.4 Å². The molecule has 2 aromatic carbocycles. The summed E-state index contributed by atoms with van der Waals surface area (Å²) in [5.74, 6) is 2.18. The third-order valence-electron chi connectivity index (χ3n) is 6.08. The topological polar surface area (TPSA) is 83.3 Å². The van der Waals surface area contributed by atoms with Crippen LogP contribution in [0.25, 0.3) is 22.7 Å². The van der Waals surface area contributed by atoms with Gasteiger partial charge >= 0.3 is 0 Å². The number of benzene rings is 2. The highest BCUT2D eigenvalue weighted by Gasteiger charge is 2.39. The fraction of sp³-hybridized carbons (Fsp3) is 0.0769. The Balaban J connectivity index is 1.49. The average molecular weight is 446 g/mol. The third kappa shape index (κ3) is 2.72. The number of furan rings is 1. The smallest absolute Gasteiger partial charge is 0.230 e. The zero-order chi connectivity index (χ0) is 22.6. The first-order chi connectivity index (χ1) is 16.8. The van der Waals surface area contributed by atoms with Gasteiger partial charge < -0.3 is 9.15 Å². The normalized spacial score (nSPS) is 14.6. The van der Waals surface area contributed by atoms with Gasteiger partial charge in [0.05, 0.1) is 34.7 Å². The number of aryl methyl sites for hydroxylation is 1. The number of rotatable bonds is 3. The summed E-state index contributed by atoms with van der Waals surface area (Å²) in [6, 6.07) is 23.6. The quantitative estimate of drug-likeness (QED) is 0.373. The molecule has 1 aliphatic heterocycles. The summed E-state index contributed by atoms with van der Waals surface area (Å²) in [4.78, 5) is 9.50. The lowest BCUT2D eigenvalue weighted by molar-refractivity contribution is 0.392. The second-order valence-corrected chi connectivity index (χ2v) is 8.14. The molecule has 4 aromatic heterocycles. The molecule has 7 rings (SSSR count). The molecule has 0 N–H and O–H groups in total. The van der Waals surface area contributed by atoms with Crippen LogP contribution in [0.2, 0.25) is 0 Å². The van der Waals surface area contributed by atoms with Gasteiger partial charge in [0.15, 0.2) is 11.5 Å². The van der Waals surface area contributed by atoms with E-state index in [1.807, 2.05) is 84.4 Å². The van der Waals surface area contributed by atoms with Gasteiger partial charge in [0.25, 0.3) is 0 Å². The molecule has 164 valence electrons. The van der Waals surface area contributed by atoms with Gasteiger partial charge in [-0.15, -0.1) is 5.10 Å². The number of fused-ring (bicyclic) bond motifs is 4. The maximum absolute atomic E-state index is 6.40. The van der Waals surface area contributed by atoms with Crippen LogP contribution in [0.3, 0.4) is 0 Å². The van der Waals surface area contributed by atoms with E-state index in [0.717, 1.165) is 33.8 Å². The number of hydrogen-bond acceptors (Lipinski definition) is 6. The van der Waals surface area contributed by atoms with Gasteiger partial charge in [-0.1, -0.05) is 48.5 Å². The number of para-hydroxylation sites is 1. The lowest BCUT2D eigenvalue weighted by atomic mass is 9.88. The first-order valence-electron chi connectivity index (χ1n) is 10.9. The molecule has 0 radical (unpaired) electrons. The van der Waals surface area contributed by atoms with Gasteiger partial charge in [-0.05, 0) is 31.2 Å². The summed E-state index contributed by atoms with van der Waals surface area (Å²) in [5.41, 5.74) is 5.07. The van der Waals surface area contributed by atoms with Crippen LogP contribution in [-0.2, 0) is 0 Å². The molecule has 0 spiro atoms. The average Bonchev–Trinajstić information content (AvgIpc) is 3.63. The van der Waals surface area contributed by atoms with Crippen molar-refractivity contribution in [3.05, 3.63) is 108 Å². The first-order valence-corrected chi connectivity index (χ1v) is 10.9. The highest BCUT2D eigenvalue weighted by atomic mass is 16.5. The molecule has 1 atom stereocenters. The van der Waals surface area contributed by atoms with Crippen molar-refractivity contribution in [3.8, 4) is 28.8 Å². The van der Waals surface area contributed by atoms with Crippen LogP contribution in [0.5, 0.6) is 11.8 Å². The third-order valence-corrected chi connectivity index (χ3v) is 6.08. The second kappa shape index (κ2) is 7.14. The SMILES string of the molecule is Cc1nn(-c2ccccc2)c2c1C(c1ccco1)c1c(ncn3nc(-c4ccccc4)nc13)O2. The van der Waals surface area contributed by atoms with E-state index in [1.54, 1.807) is 17.1 Å². The first kappa shape index (κ1) is 18.8. The molecule has 34 heavy (non-hydrogen) atoms. The van der Waals surface area contributed by atoms with Gasteiger partial charge in [-0.2, -0.15) is 5.10 Å². The van der Waals surface area contributed by atoms with Crippen molar-refractivity contribution in [3.63, 3.8) is 0 Å². The minimum absolute atomic E-state index is 0.296. The highest BCUT2D eigenvalue weighted by molar-refractivity contribution is 5.68. The summed E-state index contributed by atoms with van der Waals surface area (Å²) in [6.45, 7) is 1.98. The van der Waals surface area contributed by atoms with Gasteiger partial charge in [-0.25, -0.2) is 19.2 Å². The maximum atomic E-state index is 6.40. The largest absolute Gasteiger partial charge is 0.468 e. The number of hydrogen-bond donors (Lipinski definition) is 0. The van der Waals surface area contributed by atoms with Crippen molar-refractivity contribution in [1.82, 2.24) is 29.4 Å². The Hall–Kier alpha value is -4.72. The van der Waals surface area contributed by atoms with Gasteiger partial charge in [0.2, 0.25) is 11.8 Å². The molecule has 0 saturated heterocycles. The van der Waals surface area contributed by atoms with Gasteiger partial charge in [-0.3, -0.25) is 0 Å². The van der Waals surface area contributed by atoms with E-state index in [2.05, 4.69) is 10.1 Å². The zero-order valence-electron chi connectivity index (χ0n) is 18.2. The molecule has 8 nitrogen and oxygen atoms in total. The van der Waals surface area contributed by atoms with Crippen LogP contribution in [0, 0.1) is 6.92 Å². The van der Waals surface area contributed by atoms with E-state index in [0.29, 0.717) is 23.2 Å². The molecule has 1 unspecified atom stereocenters. The lowest BCUT2D eigenvalue weighted by Gasteiger charge is -2.24. The van der Waals surface area contributed by atoms with Gasteiger partial charge in [0, 0.05) is 5.56 Å². The molecule has 0 amide bonds. The standard InChI is InChI=1S/C26H18N6O2/c1-16-20-21(19-13-8-14-33-19)22-24-28-23(17-9-4-2-5-10-17)30-31(24)15-27-25(22)34-26(20)32(29-16)18-11-6-3-7-12-18/h2-15,21H,1H3. The van der Waals surface area contributed by atoms with Crippen molar-refractivity contribution in [2.45, 2.75) is 12.8 Å². The summed E-state index contributed by atoms with van der Waals surface area (Å²) in [5, 5.41) is 9.49. The Labute approximate surface area is 194 Å². The van der Waals surface area contributed by atoms with E-state index in [4.69, 9.17) is 19.2 Å². The van der Waals surface area contributed by atoms with Crippen LogP contribution in [0.4, 0.5) is 0 Å². The van der Waals surface area contributed by atoms with E-state index >= 15 is 0 Å². The van der Waals surface area contributed by atoms with Gasteiger partial charge in [0.1, 0.15) is 12.1 Å².